The van der Waals surface area contributed by atoms with Gasteiger partial charge in [0, 0.05) is 12.1 Å². The Bertz CT molecular complexity index is 835. The van der Waals surface area contributed by atoms with Crippen molar-refractivity contribution in [3.05, 3.63) is 59.1 Å². The van der Waals surface area contributed by atoms with Crippen molar-refractivity contribution in [2.45, 2.75) is 18.7 Å². The fourth-order valence-electron chi connectivity index (χ4n) is 1.92. The molecule has 2 rings (SSSR count). The SMILES string of the molecule is CC(C)CNS(=O)(=O)c1cccc(C(=O)Nc2ccccc2Cl)c1. The van der Waals surface area contributed by atoms with Crippen LogP contribution in [-0.4, -0.2) is 20.9 Å². The topological polar surface area (TPSA) is 75.3 Å². The molecular formula is C17H19ClN2O3S. The number of benzene rings is 2. The number of carbonyl (C=O) groups is 1. The van der Waals surface area contributed by atoms with Gasteiger partial charge in [0.15, 0.2) is 0 Å². The maximum atomic E-state index is 12.3. The number of rotatable bonds is 6. The summed E-state index contributed by atoms with van der Waals surface area (Å²) < 4.78 is 27.0. The number of hydrogen-bond acceptors (Lipinski definition) is 3. The molecule has 0 saturated carbocycles. The largest absolute Gasteiger partial charge is 0.321 e. The highest BCUT2D eigenvalue weighted by atomic mass is 35.5. The van der Waals surface area contributed by atoms with Gasteiger partial charge in [-0.3, -0.25) is 4.79 Å². The number of halogens is 1. The Kier molecular flexibility index (Phi) is 5.99. The van der Waals surface area contributed by atoms with Crippen LogP contribution in [0.1, 0.15) is 24.2 Å². The van der Waals surface area contributed by atoms with Gasteiger partial charge in [-0.1, -0.05) is 43.6 Å². The van der Waals surface area contributed by atoms with E-state index in [1.165, 1.54) is 18.2 Å². The minimum Gasteiger partial charge on any atom is -0.321 e. The second-order valence-corrected chi connectivity index (χ2v) is 7.88. The zero-order chi connectivity index (χ0) is 17.7. The molecule has 0 fully saturated rings. The lowest BCUT2D eigenvalue weighted by Gasteiger charge is -2.11. The smallest absolute Gasteiger partial charge is 0.255 e. The minimum atomic E-state index is -3.65. The molecule has 1 amide bonds. The fraction of sp³-hybridized carbons (Fsp3) is 0.235. The lowest BCUT2D eigenvalue weighted by molar-refractivity contribution is 0.102. The lowest BCUT2D eigenvalue weighted by atomic mass is 10.2. The van der Waals surface area contributed by atoms with E-state index in [1.807, 2.05) is 13.8 Å². The average Bonchev–Trinajstić information content (AvgIpc) is 2.55. The number of carbonyl (C=O) groups excluding carboxylic acids is 1. The number of amides is 1. The van der Waals surface area contributed by atoms with Crippen LogP contribution in [-0.2, 0) is 10.0 Å². The summed E-state index contributed by atoms with van der Waals surface area (Å²) in [6.07, 6.45) is 0. The second-order valence-electron chi connectivity index (χ2n) is 5.71. The van der Waals surface area contributed by atoms with Gasteiger partial charge in [-0.2, -0.15) is 0 Å². The fourth-order valence-corrected chi connectivity index (χ4v) is 3.36. The van der Waals surface area contributed by atoms with E-state index in [0.29, 0.717) is 17.3 Å². The molecule has 5 nitrogen and oxygen atoms in total. The summed E-state index contributed by atoms with van der Waals surface area (Å²) in [4.78, 5) is 12.4. The van der Waals surface area contributed by atoms with Gasteiger partial charge >= 0.3 is 0 Å². The minimum absolute atomic E-state index is 0.0509. The maximum Gasteiger partial charge on any atom is 0.255 e. The highest BCUT2D eigenvalue weighted by Crippen LogP contribution is 2.21. The Morgan fingerprint density at radius 3 is 2.50 bits per heavy atom. The summed E-state index contributed by atoms with van der Waals surface area (Å²) in [7, 11) is -3.65. The molecule has 2 N–H and O–H groups in total. The molecule has 0 saturated heterocycles. The molecule has 7 heteroatoms. The summed E-state index contributed by atoms with van der Waals surface area (Å²) in [5, 5.41) is 3.08. The third-order valence-corrected chi connectivity index (χ3v) is 4.96. The highest BCUT2D eigenvalue weighted by molar-refractivity contribution is 7.89. The number of para-hydroxylation sites is 1. The highest BCUT2D eigenvalue weighted by Gasteiger charge is 2.17. The summed E-state index contributed by atoms with van der Waals surface area (Å²) in [6, 6.07) is 12.7. The van der Waals surface area contributed by atoms with E-state index < -0.39 is 15.9 Å². The zero-order valence-corrected chi connectivity index (χ0v) is 15.0. The predicted molar refractivity (Wildman–Crippen MR) is 95.9 cm³/mol. The summed E-state index contributed by atoms with van der Waals surface area (Å²) in [5.41, 5.74) is 0.706. The van der Waals surface area contributed by atoms with E-state index in [4.69, 9.17) is 11.6 Å². The van der Waals surface area contributed by atoms with Crippen molar-refractivity contribution in [2.75, 3.05) is 11.9 Å². The first-order chi connectivity index (χ1) is 11.3. The van der Waals surface area contributed by atoms with Gasteiger partial charge in [-0.15, -0.1) is 0 Å². The van der Waals surface area contributed by atoms with Gasteiger partial charge in [0.05, 0.1) is 15.6 Å². The first-order valence-corrected chi connectivity index (χ1v) is 9.31. The molecule has 2 aromatic rings. The molecule has 24 heavy (non-hydrogen) atoms. The summed E-state index contributed by atoms with van der Waals surface area (Å²) in [5.74, 6) is -0.240. The lowest BCUT2D eigenvalue weighted by Crippen LogP contribution is -2.27. The van der Waals surface area contributed by atoms with Crippen LogP contribution in [0.5, 0.6) is 0 Å². The van der Waals surface area contributed by atoms with E-state index in [2.05, 4.69) is 10.0 Å². The van der Waals surface area contributed by atoms with Crippen molar-refractivity contribution in [1.82, 2.24) is 4.72 Å². The van der Waals surface area contributed by atoms with Crippen LogP contribution in [0.25, 0.3) is 0 Å². The van der Waals surface area contributed by atoms with Crippen LogP contribution in [0.2, 0.25) is 5.02 Å². The predicted octanol–water partition coefficient (Wildman–Crippen LogP) is 3.53. The number of anilines is 1. The van der Waals surface area contributed by atoms with Crippen molar-refractivity contribution in [3.8, 4) is 0 Å². The quantitative estimate of drug-likeness (QED) is 0.821. The molecule has 0 aliphatic heterocycles. The Morgan fingerprint density at radius 2 is 1.83 bits per heavy atom. The van der Waals surface area contributed by atoms with Gasteiger partial charge in [-0.25, -0.2) is 13.1 Å². The van der Waals surface area contributed by atoms with Gasteiger partial charge < -0.3 is 5.32 Å². The van der Waals surface area contributed by atoms with E-state index >= 15 is 0 Å². The Hall–Kier alpha value is -1.89. The van der Waals surface area contributed by atoms with Crippen molar-refractivity contribution in [1.29, 1.82) is 0 Å². The normalized spacial score (nSPS) is 11.5. The van der Waals surface area contributed by atoms with Crippen LogP contribution in [0.4, 0.5) is 5.69 Å². The average molecular weight is 367 g/mol. The summed E-state index contributed by atoms with van der Waals surface area (Å²) >= 11 is 6.01. The van der Waals surface area contributed by atoms with Crippen molar-refractivity contribution >= 4 is 33.2 Å². The molecule has 0 bridgehead atoms. The van der Waals surface area contributed by atoms with Gasteiger partial charge in [0.25, 0.3) is 5.91 Å². The molecule has 0 atom stereocenters. The van der Waals surface area contributed by atoms with E-state index in [-0.39, 0.29) is 16.4 Å². The molecule has 128 valence electrons. The molecule has 0 aliphatic rings. The number of sulfonamides is 1. The standard InChI is InChI=1S/C17H19ClN2O3S/c1-12(2)11-19-24(22,23)14-7-5-6-13(10-14)17(21)20-16-9-4-3-8-15(16)18/h3-10,12,19H,11H2,1-2H3,(H,20,21). The molecule has 0 aliphatic carbocycles. The van der Waals surface area contributed by atoms with Gasteiger partial charge in [0.2, 0.25) is 10.0 Å². The molecule has 0 unspecified atom stereocenters. The Labute approximate surface area is 147 Å². The van der Waals surface area contributed by atoms with E-state index in [1.54, 1.807) is 30.3 Å². The molecule has 2 aromatic carbocycles. The Morgan fingerprint density at radius 1 is 1.12 bits per heavy atom. The van der Waals surface area contributed by atoms with Crippen LogP contribution in [0, 0.1) is 5.92 Å². The number of hydrogen-bond donors (Lipinski definition) is 2. The molecule has 0 aromatic heterocycles. The maximum absolute atomic E-state index is 12.3. The van der Waals surface area contributed by atoms with E-state index in [0.717, 1.165) is 0 Å². The van der Waals surface area contributed by atoms with Crippen LogP contribution in [0.3, 0.4) is 0 Å². The van der Waals surface area contributed by atoms with Gasteiger partial charge in [-0.05, 0) is 36.2 Å². The van der Waals surface area contributed by atoms with Crippen molar-refractivity contribution in [3.63, 3.8) is 0 Å². The molecular weight excluding hydrogens is 348 g/mol. The molecule has 0 radical (unpaired) electrons. The first-order valence-electron chi connectivity index (χ1n) is 7.45. The number of nitrogens with one attached hydrogen (secondary N) is 2. The van der Waals surface area contributed by atoms with Crippen LogP contribution < -0.4 is 10.0 Å². The third-order valence-electron chi connectivity index (χ3n) is 3.21. The van der Waals surface area contributed by atoms with Crippen molar-refractivity contribution in [2.24, 2.45) is 5.92 Å². The van der Waals surface area contributed by atoms with Crippen molar-refractivity contribution < 1.29 is 13.2 Å². The monoisotopic (exact) mass is 366 g/mol. The zero-order valence-electron chi connectivity index (χ0n) is 13.4. The molecule has 0 spiro atoms. The van der Waals surface area contributed by atoms with Gasteiger partial charge in [0.1, 0.15) is 0 Å². The Balaban J connectivity index is 2.21. The van der Waals surface area contributed by atoms with E-state index in [9.17, 15) is 13.2 Å². The van der Waals surface area contributed by atoms with Crippen LogP contribution >= 0.6 is 11.6 Å². The van der Waals surface area contributed by atoms with Crippen LogP contribution in [0.15, 0.2) is 53.4 Å². The molecule has 0 heterocycles. The third kappa shape index (κ3) is 4.80. The second kappa shape index (κ2) is 7.79. The summed E-state index contributed by atoms with van der Waals surface area (Å²) in [6.45, 7) is 4.16. The first kappa shape index (κ1) is 18.4.